The van der Waals surface area contributed by atoms with Crippen molar-refractivity contribution in [3.8, 4) is 22.5 Å². The molecule has 6 rings (SSSR count). The maximum Gasteiger partial charge on any atom is 0.138 e. The summed E-state index contributed by atoms with van der Waals surface area (Å²) in [7, 11) is 4.13. The van der Waals surface area contributed by atoms with Gasteiger partial charge in [-0.2, -0.15) is 5.10 Å². The normalized spacial score (nSPS) is 13.5. The molecule has 0 amide bonds. The zero-order valence-corrected chi connectivity index (χ0v) is 18.6. The molecule has 1 aromatic carbocycles. The molecule has 0 fully saturated rings. The Morgan fingerprint density at radius 3 is 2.79 bits per heavy atom. The van der Waals surface area contributed by atoms with Gasteiger partial charge < -0.3 is 9.88 Å². The summed E-state index contributed by atoms with van der Waals surface area (Å²) in [5, 5.41) is 10.0. The predicted octanol–water partition coefficient (Wildman–Crippen LogP) is 5.57. The van der Waals surface area contributed by atoms with Crippen molar-refractivity contribution in [1.82, 2.24) is 30.0 Å². The van der Waals surface area contributed by atoms with E-state index in [9.17, 15) is 0 Å². The smallest absolute Gasteiger partial charge is 0.138 e. The van der Waals surface area contributed by atoms with E-state index in [-0.39, 0.29) is 0 Å². The molecule has 0 saturated carbocycles. The maximum absolute atomic E-state index is 4.64. The van der Waals surface area contributed by atoms with Crippen LogP contribution in [0.15, 0.2) is 73.2 Å². The van der Waals surface area contributed by atoms with Crippen molar-refractivity contribution in [1.29, 1.82) is 0 Å². The molecular weight excluding hydrogens is 408 g/mol. The molecule has 0 unspecified atom stereocenters. The highest BCUT2D eigenvalue weighted by atomic mass is 15.1. The summed E-state index contributed by atoms with van der Waals surface area (Å²) in [5.41, 5.74) is 9.57. The molecule has 0 aliphatic heterocycles. The van der Waals surface area contributed by atoms with Crippen LogP contribution in [0.1, 0.15) is 17.5 Å². The largest absolute Gasteiger partial charge is 0.338 e. The molecule has 0 spiro atoms. The summed E-state index contributed by atoms with van der Waals surface area (Å²) in [6.45, 7) is 0.857. The van der Waals surface area contributed by atoms with E-state index in [0.29, 0.717) is 0 Å². The van der Waals surface area contributed by atoms with Gasteiger partial charge in [0.1, 0.15) is 11.3 Å². The molecule has 162 valence electrons. The highest BCUT2D eigenvalue weighted by Gasteiger charge is 2.15. The van der Waals surface area contributed by atoms with Crippen molar-refractivity contribution in [3.63, 3.8) is 0 Å². The van der Waals surface area contributed by atoms with Crippen molar-refractivity contribution < 1.29 is 0 Å². The second-order valence-electron chi connectivity index (χ2n) is 8.75. The Bertz CT molecular complexity index is 1550. The van der Waals surface area contributed by atoms with Crippen LogP contribution in [0, 0.1) is 0 Å². The minimum absolute atomic E-state index is 0.857. The van der Waals surface area contributed by atoms with Crippen molar-refractivity contribution in [2.75, 3.05) is 14.1 Å². The van der Waals surface area contributed by atoms with Gasteiger partial charge in [0.25, 0.3) is 0 Å². The third-order valence-electron chi connectivity index (χ3n) is 6.06. The number of pyridine rings is 2. The topological polar surface area (TPSA) is 73.5 Å². The van der Waals surface area contributed by atoms with Crippen molar-refractivity contribution in [2.24, 2.45) is 0 Å². The van der Waals surface area contributed by atoms with E-state index in [1.165, 1.54) is 16.7 Å². The Morgan fingerprint density at radius 2 is 1.94 bits per heavy atom. The van der Waals surface area contributed by atoms with E-state index in [4.69, 9.17) is 0 Å². The molecule has 0 saturated heterocycles. The molecule has 6 heteroatoms. The number of fused-ring (bicyclic) bond motifs is 2. The number of nitrogens with zero attached hydrogens (tertiary/aromatic N) is 4. The molecule has 4 heterocycles. The van der Waals surface area contributed by atoms with Crippen molar-refractivity contribution in [2.45, 2.75) is 13.0 Å². The average Bonchev–Trinajstić information content (AvgIpc) is 3.57. The van der Waals surface area contributed by atoms with Gasteiger partial charge in [-0.3, -0.25) is 10.1 Å². The number of aromatic amines is 2. The Morgan fingerprint density at radius 1 is 1.00 bits per heavy atom. The van der Waals surface area contributed by atoms with Crippen LogP contribution in [0.4, 0.5) is 0 Å². The van der Waals surface area contributed by atoms with Crippen molar-refractivity contribution >= 4 is 27.5 Å². The number of aromatic nitrogens is 5. The first-order chi connectivity index (χ1) is 16.2. The third-order valence-corrected chi connectivity index (χ3v) is 6.06. The SMILES string of the molecule is CN(C)Cc1cncc(-c2ccc3[nH]nc(-c4cc5c(C6=CCC=C6)ccnc5[nH]4)c3c2)c1. The number of H-pyrrole nitrogens is 2. The zero-order valence-electron chi connectivity index (χ0n) is 18.6. The monoisotopic (exact) mass is 432 g/mol. The third kappa shape index (κ3) is 3.54. The summed E-state index contributed by atoms with van der Waals surface area (Å²) in [6, 6.07) is 12.8. The number of allylic oxidation sites excluding steroid dienone is 4. The predicted molar refractivity (Wildman–Crippen MR) is 134 cm³/mol. The number of benzene rings is 1. The minimum atomic E-state index is 0.857. The fraction of sp³-hybridized carbons (Fsp3) is 0.148. The maximum atomic E-state index is 4.64. The minimum Gasteiger partial charge on any atom is -0.338 e. The average molecular weight is 433 g/mol. The fourth-order valence-electron chi connectivity index (χ4n) is 4.56. The van der Waals surface area contributed by atoms with Gasteiger partial charge in [-0.15, -0.1) is 0 Å². The van der Waals surface area contributed by atoms with Crippen LogP contribution in [0.5, 0.6) is 0 Å². The Hall–Kier alpha value is -4.03. The standard InChI is InChI=1S/C27H24N6/c1-33(2)16-17-11-20(15-28-14-17)19-7-8-24-23(12-19)26(32-31-24)25-13-22-21(18-5-3-4-6-18)9-10-29-27(22)30-25/h3,5-15H,4,16H2,1-2H3,(H,29,30)(H,31,32). The van der Waals surface area contributed by atoms with Crippen LogP contribution < -0.4 is 0 Å². The summed E-state index contributed by atoms with van der Waals surface area (Å²) >= 11 is 0. The molecule has 2 N–H and O–H groups in total. The molecule has 4 aromatic heterocycles. The van der Waals surface area contributed by atoms with E-state index in [1.54, 1.807) is 0 Å². The molecule has 5 aromatic rings. The molecule has 1 aliphatic rings. The van der Waals surface area contributed by atoms with Crippen LogP contribution in [0.3, 0.4) is 0 Å². The Balaban J connectivity index is 1.45. The van der Waals surface area contributed by atoms with E-state index in [1.807, 2.05) is 18.6 Å². The molecule has 0 atom stereocenters. The number of rotatable bonds is 5. The number of nitrogens with one attached hydrogen (secondary N) is 2. The van der Waals surface area contributed by atoms with Crippen LogP contribution in [-0.2, 0) is 6.54 Å². The quantitative estimate of drug-likeness (QED) is 0.381. The highest BCUT2D eigenvalue weighted by Crippen LogP contribution is 2.34. The van der Waals surface area contributed by atoms with Gasteiger partial charge in [0.2, 0.25) is 0 Å². The van der Waals surface area contributed by atoms with Gasteiger partial charge in [0.05, 0.1) is 11.2 Å². The summed E-state index contributed by atoms with van der Waals surface area (Å²) < 4.78 is 0. The first-order valence-corrected chi connectivity index (χ1v) is 11.1. The van der Waals surface area contributed by atoms with Gasteiger partial charge in [0, 0.05) is 41.5 Å². The summed E-state index contributed by atoms with van der Waals surface area (Å²) in [5.74, 6) is 0. The van der Waals surface area contributed by atoms with Gasteiger partial charge >= 0.3 is 0 Å². The van der Waals surface area contributed by atoms with Crippen molar-refractivity contribution in [3.05, 3.63) is 84.3 Å². The van der Waals surface area contributed by atoms with Crippen LogP contribution in [0.25, 0.3) is 50.0 Å². The van der Waals surface area contributed by atoms with E-state index in [2.05, 4.69) is 98.8 Å². The summed E-state index contributed by atoms with van der Waals surface area (Å²) in [4.78, 5) is 14.7. The Labute approximate surface area is 191 Å². The van der Waals surface area contributed by atoms with Crippen LogP contribution in [-0.4, -0.2) is 44.1 Å². The molecular formula is C27H24N6. The molecule has 0 bridgehead atoms. The van der Waals surface area contributed by atoms with Crippen LogP contribution >= 0.6 is 0 Å². The summed E-state index contributed by atoms with van der Waals surface area (Å²) in [6.07, 6.45) is 13.3. The van der Waals surface area contributed by atoms with Gasteiger partial charge in [-0.25, -0.2) is 4.98 Å². The van der Waals surface area contributed by atoms with Gasteiger partial charge in [-0.1, -0.05) is 24.3 Å². The van der Waals surface area contributed by atoms with Gasteiger partial charge in [-0.05, 0) is 73.1 Å². The zero-order chi connectivity index (χ0) is 22.4. The first-order valence-electron chi connectivity index (χ1n) is 11.1. The lowest BCUT2D eigenvalue weighted by atomic mass is 10.0. The van der Waals surface area contributed by atoms with Gasteiger partial charge in [0.15, 0.2) is 0 Å². The second kappa shape index (κ2) is 7.83. The molecule has 33 heavy (non-hydrogen) atoms. The van der Waals surface area contributed by atoms with E-state index < -0.39 is 0 Å². The second-order valence-corrected chi connectivity index (χ2v) is 8.75. The molecule has 0 radical (unpaired) electrons. The fourth-order valence-corrected chi connectivity index (χ4v) is 4.56. The lowest BCUT2D eigenvalue weighted by Gasteiger charge is -2.10. The number of hydrogen-bond acceptors (Lipinski definition) is 4. The van der Waals surface area contributed by atoms with E-state index in [0.717, 1.165) is 57.4 Å². The highest BCUT2D eigenvalue weighted by molar-refractivity contribution is 6.00. The van der Waals surface area contributed by atoms with E-state index >= 15 is 0 Å². The molecule has 6 nitrogen and oxygen atoms in total. The Kier molecular flexibility index (Phi) is 4.66. The molecule has 1 aliphatic carbocycles. The lowest BCUT2D eigenvalue weighted by Crippen LogP contribution is -2.10. The van der Waals surface area contributed by atoms with Crippen LogP contribution in [0.2, 0.25) is 0 Å². The first kappa shape index (κ1) is 19.6. The lowest BCUT2D eigenvalue weighted by molar-refractivity contribution is 0.402. The number of hydrogen-bond donors (Lipinski definition) is 2.